The Morgan fingerprint density at radius 3 is 2.31 bits per heavy atom. The first-order chi connectivity index (χ1) is 6.75. The summed E-state index contributed by atoms with van der Waals surface area (Å²) in [5.74, 6) is -0.587. The fourth-order valence-electron chi connectivity index (χ4n) is 1.29. The number of aromatic hydroxyl groups is 1. The highest BCUT2D eigenvalue weighted by atomic mass is 79.9. The molecule has 5 heteroatoms. The van der Waals surface area contributed by atoms with E-state index in [1.807, 2.05) is 20.8 Å². The first kappa shape index (κ1) is 15.7. The van der Waals surface area contributed by atoms with Crippen molar-refractivity contribution in [2.24, 2.45) is 11.1 Å². The highest BCUT2D eigenvalue weighted by molar-refractivity contribution is 9.10. The minimum Gasteiger partial charge on any atom is -0.506 e. The van der Waals surface area contributed by atoms with Gasteiger partial charge in [0.05, 0.1) is 4.47 Å². The van der Waals surface area contributed by atoms with Gasteiger partial charge in [-0.1, -0.05) is 20.8 Å². The fourth-order valence-corrected chi connectivity index (χ4v) is 1.63. The molecule has 0 aromatic heterocycles. The molecule has 0 unspecified atom stereocenters. The van der Waals surface area contributed by atoms with Crippen molar-refractivity contribution in [3.63, 3.8) is 0 Å². The molecule has 2 nitrogen and oxygen atoms in total. The summed E-state index contributed by atoms with van der Waals surface area (Å²) in [5, 5.41) is 9.75. The van der Waals surface area contributed by atoms with E-state index in [9.17, 15) is 9.50 Å². The summed E-state index contributed by atoms with van der Waals surface area (Å²) in [4.78, 5) is 0. The standard InChI is InChI=1S/C11H15BrFNO.ClH/c1-11(2,3)10(14)8-7(13)5-4-6(12)9(8)15;/h4-5,10,15H,14H2,1-3H3;1H/t10-;/m1./s1. The van der Waals surface area contributed by atoms with Gasteiger partial charge in [-0.15, -0.1) is 12.4 Å². The normalized spacial score (nSPS) is 13.1. The highest BCUT2D eigenvalue weighted by Crippen LogP contribution is 2.39. The van der Waals surface area contributed by atoms with Crippen LogP contribution in [-0.4, -0.2) is 5.11 Å². The Morgan fingerprint density at radius 1 is 1.38 bits per heavy atom. The fraction of sp³-hybridized carbons (Fsp3) is 0.455. The summed E-state index contributed by atoms with van der Waals surface area (Å²) < 4.78 is 14.0. The van der Waals surface area contributed by atoms with Gasteiger partial charge in [0.15, 0.2) is 0 Å². The van der Waals surface area contributed by atoms with Gasteiger partial charge in [0, 0.05) is 11.6 Å². The first-order valence-corrected chi connectivity index (χ1v) is 5.47. The second kappa shape index (κ2) is 5.34. The van der Waals surface area contributed by atoms with Crippen LogP contribution in [-0.2, 0) is 0 Å². The van der Waals surface area contributed by atoms with Crippen LogP contribution in [0.1, 0.15) is 32.4 Å². The number of benzene rings is 1. The third kappa shape index (κ3) is 3.09. The Kier molecular flexibility index (Phi) is 5.23. The topological polar surface area (TPSA) is 46.2 Å². The van der Waals surface area contributed by atoms with Crippen LogP contribution >= 0.6 is 28.3 Å². The van der Waals surface area contributed by atoms with Crippen LogP contribution < -0.4 is 5.73 Å². The Balaban J connectivity index is 0.00000225. The largest absolute Gasteiger partial charge is 0.506 e. The molecule has 0 spiro atoms. The molecule has 0 aliphatic heterocycles. The number of halogens is 3. The Hall–Kier alpha value is -0.320. The van der Waals surface area contributed by atoms with Crippen molar-refractivity contribution in [2.45, 2.75) is 26.8 Å². The minimum atomic E-state index is -0.546. The third-order valence-electron chi connectivity index (χ3n) is 2.36. The van der Waals surface area contributed by atoms with Gasteiger partial charge >= 0.3 is 0 Å². The molecular formula is C11H16BrClFNO. The summed E-state index contributed by atoms with van der Waals surface area (Å²) in [6.07, 6.45) is 0. The number of nitrogens with two attached hydrogens (primary N) is 1. The van der Waals surface area contributed by atoms with Crippen LogP contribution in [0.3, 0.4) is 0 Å². The quantitative estimate of drug-likeness (QED) is 0.829. The molecule has 0 saturated carbocycles. The molecule has 16 heavy (non-hydrogen) atoms. The second-order valence-corrected chi connectivity index (χ2v) is 5.49. The summed E-state index contributed by atoms with van der Waals surface area (Å²) in [6.45, 7) is 5.70. The van der Waals surface area contributed by atoms with Gasteiger partial charge in [0.1, 0.15) is 11.6 Å². The molecule has 0 heterocycles. The van der Waals surface area contributed by atoms with Gasteiger partial charge in [0.2, 0.25) is 0 Å². The SMILES string of the molecule is CC(C)(C)[C@H](N)c1c(F)ccc(Br)c1O.Cl. The van der Waals surface area contributed by atoms with Gasteiger partial charge in [-0.3, -0.25) is 0 Å². The van der Waals surface area contributed by atoms with Crippen LogP contribution in [0.4, 0.5) is 4.39 Å². The molecule has 0 fully saturated rings. The van der Waals surface area contributed by atoms with Crippen LogP contribution in [0.5, 0.6) is 5.75 Å². The Labute approximate surface area is 110 Å². The monoisotopic (exact) mass is 311 g/mol. The van der Waals surface area contributed by atoms with Gasteiger partial charge in [0.25, 0.3) is 0 Å². The molecule has 0 bridgehead atoms. The van der Waals surface area contributed by atoms with Gasteiger partial charge in [-0.25, -0.2) is 4.39 Å². The summed E-state index contributed by atoms with van der Waals surface area (Å²) in [6, 6.07) is 2.21. The van der Waals surface area contributed by atoms with E-state index < -0.39 is 11.9 Å². The Morgan fingerprint density at radius 2 is 1.88 bits per heavy atom. The number of phenols is 1. The van der Waals surface area contributed by atoms with Gasteiger partial charge in [-0.05, 0) is 33.5 Å². The van der Waals surface area contributed by atoms with Crippen molar-refractivity contribution >= 4 is 28.3 Å². The van der Waals surface area contributed by atoms with E-state index in [2.05, 4.69) is 15.9 Å². The third-order valence-corrected chi connectivity index (χ3v) is 3.00. The van der Waals surface area contributed by atoms with Crippen molar-refractivity contribution in [1.82, 2.24) is 0 Å². The molecular weight excluding hydrogens is 296 g/mol. The average molecular weight is 313 g/mol. The van der Waals surface area contributed by atoms with Crippen molar-refractivity contribution in [2.75, 3.05) is 0 Å². The second-order valence-electron chi connectivity index (χ2n) is 4.64. The summed E-state index contributed by atoms with van der Waals surface area (Å²) >= 11 is 3.14. The number of hydrogen-bond donors (Lipinski definition) is 2. The van der Waals surface area contributed by atoms with E-state index in [0.717, 1.165) is 0 Å². The molecule has 92 valence electrons. The van der Waals surface area contributed by atoms with Crippen LogP contribution in [0.15, 0.2) is 16.6 Å². The predicted molar refractivity (Wildman–Crippen MR) is 69.4 cm³/mol. The number of rotatable bonds is 1. The van der Waals surface area contributed by atoms with E-state index in [0.29, 0.717) is 4.47 Å². The number of phenolic OH excluding ortho intramolecular Hbond substituents is 1. The molecule has 1 aromatic rings. The van der Waals surface area contributed by atoms with E-state index in [1.54, 1.807) is 0 Å². The van der Waals surface area contributed by atoms with Crippen LogP contribution in [0.25, 0.3) is 0 Å². The molecule has 1 aromatic carbocycles. The zero-order valence-corrected chi connectivity index (χ0v) is 11.8. The van der Waals surface area contributed by atoms with Crippen molar-refractivity contribution < 1.29 is 9.50 Å². The lowest BCUT2D eigenvalue weighted by Gasteiger charge is -2.28. The average Bonchev–Trinajstić information content (AvgIpc) is 2.10. The molecule has 0 aliphatic carbocycles. The van der Waals surface area contributed by atoms with Crippen molar-refractivity contribution in [1.29, 1.82) is 0 Å². The molecule has 0 amide bonds. The van der Waals surface area contributed by atoms with Crippen LogP contribution in [0.2, 0.25) is 0 Å². The molecule has 3 N–H and O–H groups in total. The van der Waals surface area contributed by atoms with Gasteiger partial charge < -0.3 is 10.8 Å². The van der Waals surface area contributed by atoms with E-state index >= 15 is 0 Å². The van der Waals surface area contributed by atoms with Crippen LogP contribution in [0, 0.1) is 11.2 Å². The minimum absolute atomic E-state index is 0. The lowest BCUT2D eigenvalue weighted by atomic mass is 9.82. The van der Waals surface area contributed by atoms with Gasteiger partial charge in [-0.2, -0.15) is 0 Å². The molecule has 0 aliphatic rings. The number of hydrogen-bond acceptors (Lipinski definition) is 2. The maximum absolute atomic E-state index is 13.6. The maximum Gasteiger partial charge on any atom is 0.137 e. The molecule has 1 atom stereocenters. The predicted octanol–water partition coefficient (Wildman–Crippen LogP) is 3.76. The maximum atomic E-state index is 13.6. The molecule has 0 radical (unpaired) electrons. The highest BCUT2D eigenvalue weighted by Gasteiger charge is 2.28. The zero-order valence-electron chi connectivity index (χ0n) is 9.42. The van der Waals surface area contributed by atoms with Crippen molar-refractivity contribution in [3.05, 3.63) is 28.0 Å². The van der Waals surface area contributed by atoms with E-state index in [-0.39, 0.29) is 29.1 Å². The lowest BCUT2D eigenvalue weighted by Crippen LogP contribution is -2.27. The van der Waals surface area contributed by atoms with E-state index in [1.165, 1.54) is 12.1 Å². The molecule has 0 saturated heterocycles. The lowest BCUT2D eigenvalue weighted by molar-refractivity contribution is 0.308. The van der Waals surface area contributed by atoms with E-state index in [4.69, 9.17) is 5.73 Å². The summed E-state index contributed by atoms with van der Waals surface area (Å²) in [5.41, 5.74) is 5.78. The zero-order chi connectivity index (χ0) is 11.8. The molecule has 1 rings (SSSR count). The Bertz CT molecular complexity index is 379. The van der Waals surface area contributed by atoms with Crippen molar-refractivity contribution in [3.8, 4) is 5.75 Å². The summed E-state index contributed by atoms with van der Waals surface area (Å²) in [7, 11) is 0. The smallest absolute Gasteiger partial charge is 0.137 e. The first-order valence-electron chi connectivity index (χ1n) is 4.67.